The Morgan fingerprint density at radius 2 is 1.58 bits per heavy atom. The first-order valence-electron chi connectivity index (χ1n) is 10.6. The van der Waals surface area contributed by atoms with Crippen molar-refractivity contribution in [1.82, 2.24) is 0 Å². The second-order valence-corrected chi connectivity index (χ2v) is 7.77. The number of carbonyl (C=O) groups excluding carboxylic acids is 1. The largest absolute Gasteiger partial charge is 0.459 e. The van der Waals surface area contributed by atoms with Crippen LogP contribution in [0.25, 0.3) is 11.1 Å². The normalized spacial score (nSPS) is 19.6. The Labute approximate surface area is 198 Å². The van der Waals surface area contributed by atoms with E-state index in [9.17, 15) is 4.79 Å². The molecule has 0 radical (unpaired) electrons. The average Bonchev–Trinajstić information content (AvgIpc) is 3.25. The third-order valence-corrected chi connectivity index (χ3v) is 5.41. The first-order chi connectivity index (χ1) is 16.1. The Kier molecular flexibility index (Phi) is 7.67. The number of hydrogen-bond acceptors (Lipinski definition) is 7. The molecule has 1 heterocycles. The van der Waals surface area contributed by atoms with Crippen molar-refractivity contribution in [2.45, 2.75) is 24.9 Å². The van der Waals surface area contributed by atoms with Crippen molar-refractivity contribution in [2.24, 2.45) is 0 Å². The monoisotopic (exact) mass is 464 g/mol. The van der Waals surface area contributed by atoms with Gasteiger partial charge in [-0.15, -0.1) is 0 Å². The zero-order chi connectivity index (χ0) is 23.0. The lowest BCUT2D eigenvalue weighted by atomic mass is 10.0. The third-order valence-electron chi connectivity index (χ3n) is 5.23. The van der Waals surface area contributed by atoms with Crippen molar-refractivity contribution in [3.63, 3.8) is 0 Å². The van der Waals surface area contributed by atoms with Crippen LogP contribution < -0.4 is 4.74 Å². The Morgan fingerprint density at radius 1 is 0.939 bits per heavy atom. The summed E-state index contributed by atoms with van der Waals surface area (Å²) in [4.78, 5) is 12.6. The van der Waals surface area contributed by atoms with Crippen LogP contribution in [0.4, 0.5) is 0 Å². The molecule has 1 fully saturated rings. The van der Waals surface area contributed by atoms with E-state index in [4.69, 9.17) is 35.9 Å². The zero-order valence-corrected chi connectivity index (χ0v) is 18.9. The van der Waals surface area contributed by atoms with Crippen LogP contribution in [0.5, 0.6) is 5.75 Å². The van der Waals surface area contributed by atoms with E-state index in [-0.39, 0.29) is 11.8 Å². The van der Waals surface area contributed by atoms with Gasteiger partial charge in [-0.3, -0.25) is 0 Å². The van der Waals surface area contributed by atoms with E-state index in [1.54, 1.807) is 31.4 Å². The minimum Gasteiger partial charge on any atom is -0.459 e. The number of carbonyl (C=O) groups is 1. The molecule has 0 amide bonds. The van der Waals surface area contributed by atoms with E-state index in [1.807, 2.05) is 60.7 Å². The van der Waals surface area contributed by atoms with E-state index >= 15 is 0 Å². The summed E-state index contributed by atoms with van der Waals surface area (Å²) in [5.74, 6) is 0.132. The second kappa shape index (κ2) is 11.0. The molecular weight excluding hydrogens is 440 g/mol. The van der Waals surface area contributed by atoms with Crippen molar-refractivity contribution < 1.29 is 28.5 Å². The van der Waals surface area contributed by atoms with Gasteiger partial charge in [-0.25, -0.2) is 4.79 Å². The van der Waals surface area contributed by atoms with Gasteiger partial charge in [0.25, 0.3) is 0 Å². The summed E-state index contributed by atoms with van der Waals surface area (Å²) in [6.07, 6.45) is -1.06. The predicted octanol–water partition coefficient (Wildman–Crippen LogP) is 5.02. The number of hydrogen-bond donors (Lipinski definition) is 0. The maximum atomic E-state index is 12.6. The molecule has 7 heteroatoms. The molecule has 4 rings (SSSR count). The minimum absolute atomic E-state index is 0.00224. The topological polar surface area (TPSA) is 63.2 Å². The molecule has 3 aromatic rings. The van der Waals surface area contributed by atoms with Crippen LogP contribution >= 0.6 is 12.2 Å². The van der Waals surface area contributed by atoms with E-state index in [0.717, 1.165) is 11.1 Å². The van der Waals surface area contributed by atoms with Gasteiger partial charge in [0.2, 0.25) is 0 Å². The Balaban J connectivity index is 1.33. The van der Waals surface area contributed by atoms with Crippen molar-refractivity contribution in [2.75, 3.05) is 13.7 Å². The first-order valence-corrected chi connectivity index (χ1v) is 11.0. The fourth-order valence-corrected chi connectivity index (χ4v) is 3.72. The zero-order valence-electron chi connectivity index (χ0n) is 18.1. The highest BCUT2D eigenvalue weighted by Gasteiger charge is 2.39. The summed E-state index contributed by atoms with van der Waals surface area (Å²) in [6, 6.07) is 26.3. The molecule has 0 bridgehead atoms. The number of thiocarbonyl (C=S) groups is 1. The summed E-state index contributed by atoms with van der Waals surface area (Å²) in [5.41, 5.74) is 2.56. The SMILES string of the molecule is CO[C@@H]1C[C@H](OC(=S)Oc2ccccc2)[C@@H](COC(=O)c2ccc(-c3ccccc3)cc2)O1. The van der Waals surface area contributed by atoms with Gasteiger partial charge < -0.3 is 23.7 Å². The van der Waals surface area contributed by atoms with Gasteiger partial charge in [-0.1, -0.05) is 60.7 Å². The Morgan fingerprint density at radius 3 is 2.24 bits per heavy atom. The van der Waals surface area contributed by atoms with E-state index in [2.05, 4.69) is 0 Å². The van der Waals surface area contributed by atoms with Crippen LogP contribution in [0, 0.1) is 0 Å². The van der Waals surface area contributed by atoms with Crippen LogP contribution in [-0.2, 0) is 18.9 Å². The van der Waals surface area contributed by atoms with Crippen molar-refractivity contribution in [3.8, 4) is 16.9 Å². The van der Waals surface area contributed by atoms with Gasteiger partial charge >= 0.3 is 11.2 Å². The molecule has 33 heavy (non-hydrogen) atoms. The molecule has 3 aromatic carbocycles. The van der Waals surface area contributed by atoms with Crippen LogP contribution in [0.2, 0.25) is 0 Å². The Hall–Kier alpha value is -3.26. The predicted molar refractivity (Wildman–Crippen MR) is 127 cm³/mol. The number of para-hydroxylation sites is 1. The molecular formula is C26H24O6S. The standard InChI is InChI=1S/C26H24O6S/c1-28-24-16-22(32-26(33)30-21-10-6-3-7-11-21)23(31-24)17-29-25(27)20-14-12-19(13-15-20)18-8-4-2-5-9-18/h2-15,22-24H,16-17H2,1H3/t22-,23+,24-/m0/s1. The van der Waals surface area contributed by atoms with Gasteiger partial charge in [0, 0.05) is 25.7 Å². The average molecular weight is 465 g/mol. The number of methoxy groups -OCH3 is 1. The fourth-order valence-electron chi connectivity index (χ4n) is 3.50. The summed E-state index contributed by atoms with van der Waals surface area (Å²) in [5, 5.41) is -0.0284. The summed E-state index contributed by atoms with van der Waals surface area (Å²) >= 11 is 5.22. The molecule has 0 unspecified atom stereocenters. The molecule has 1 aliphatic rings. The maximum absolute atomic E-state index is 12.6. The first kappa shape index (κ1) is 22.9. The lowest BCUT2D eigenvalue weighted by Crippen LogP contribution is -2.33. The number of benzene rings is 3. The summed E-state index contributed by atoms with van der Waals surface area (Å²) in [7, 11) is 1.54. The maximum Gasteiger partial charge on any atom is 0.358 e. The number of rotatable bonds is 7. The van der Waals surface area contributed by atoms with E-state index in [1.165, 1.54) is 0 Å². The quantitative estimate of drug-likeness (QED) is 0.359. The summed E-state index contributed by atoms with van der Waals surface area (Å²) in [6.45, 7) is -0.00224. The molecule has 1 aliphatic heterocycles. The number of ether oxygens (including phenoxy) is 5. The molecule has 6 nitrogen and oxygen atoms in total. The lowest BCUT2D eigenvalue weighted by molar-refractivity contribution is -0.127. The van der Waals surface area contributed by atoms with Crippen molar-refractivity contribution in [3.05, 3.63) is 90.5 Å². The minimum atomic E-state index is -0.542. The van der Waals surface area contributed by atoms with Crippen molar-refractivity contribution >= 4 is 23.4 Å². The van der Waals surface area contributed by atoms with Gasteiger partial charge in [0.15, 0.2) is 6.29 Å². The lowest BCUT2D eigenvalue weighted by Gasteiger charge is -2.19. The second-order valence-electron chi connectivity index (χ2n) is 7.44. The van der Waals surface area contributed by atoms with Gasteiger partial charge in [0.1, 0.15) is 24.6 Å². The van der Waals surface area contributed by atoms with Gasteiger partial charge in [-0.05, 0) is 35.4 Å². The smallest absolute Gasteiger partial charge is 0.358 e. The van der Waals surface area contributed by atoms with Gasteiger partial charge in [0.05, 0.1) is 5.56 Å². The Bertz CT molecular complexity index is 1060. The third kappa shape index (κ3) is 6.16. The molecule has 0 spiro atoms. The molecule has 3 atom stereocenters. The molecule has 0 aromatic heterocycles. The molecule has 0 saturated carbocycles. The molecule has 170 valence electrons. The molecule has 0 N–H and O–H groups in total. The van der Waals surface area contributed by atoms with Crippen LogP contribution in [-0.4, -0.2) is 43.4 Å². The highest BCUT2D eigenvalue weighted by molar-refractivity contribution is 7.79. The molecule has 0 aliphatic carbocycles. The van der Waals surface area contributed by atoms with Crippen LogP contribution in [0.1, 0.15) is 16.8 Å². The highest BCUT2D eigenvalue weighted by atomic mass is 32.1. The van der Waals surface area contributed by atoms with Crippen molar-refractivity contribution in [1.29, 1.82) is 0 Å². The van der Waals surface area contributed by atoms with Crippen LogP contribution in [0.15, 0.2) is 84.9 Å². The fraction of sp³-hybridized carbons (Fsp3) is 0.231. The summed E-state index contributed by atoms with van der Waals surface area (Å²) < 4.78 is 27.9. The van der Waals surface area contributed by atoms with Crippen LogP contribution in [0.3, 0.4) is 0 Å². The highest BCUT2D eigenvalue weighted by Crippen LogP contribution is 2.26. The van der Waals surface area contributed by atoms with E-state index < -0.39 is 24.5 Å². The number of esters is 1. The van der Waals surface area contributed by atoms with E-state index in [0.29, 0.717) is 17.7 Å². The van der Waals surface area contributed by atoms with Gasteiger partial charge in [-0.2, -0.15) is 0 Å². The molecule has 1 saturated heterocycles.